The van der Waals surface area contributed by atoms with Crippen molar-refractivity contribution in [1.82, 2.24) is 0 Å². The summed E-state index contributed by atoms with van der Waals surface area (Å²) in [6.07, 6.45) is 5.12. The normalized spacial score (nSPS) is 14.3. The lowest BCUT2D eigenvalue weighted by Gasteiger charge is -2.29. The van der Waals surface area contributed by atoms with E-state index in [4.69, 9.17) is 0 Å². The van der Waals surface area contributed by atoms with Crippen LogP contribution in [-0.2, 0) is 4.79 Å². The number of benzene rings is 2. The molecule has 1 saturated carbocycles. The number of para-hydroxylation sites is 3. The van der Waals surface area contributed by atoms with Crippen molar-refractivity contribution in [3.8, 4) is 0 Å². The minimum atomic E-state index is 0.0459. The number of anilines is 3. The molecule has 0 unspecified atom stereocenters. The molecule has 1 fully saturated rings. The number of nitrogens with zero attached hydrogens (tertiary/aromatic N) is 2. The summed E-state index contributed by atoms with van der Waals surface area (Å²) in [6, 6.07) is 18.6. The Bertz CT molecular complexity index is 695. The smallest absolute Gasteiger partial charge is 0.246 e. The zero-order chi connectivity index (χ0) is 17.6. The maximum absolute atomic E-state index is 12.5. The largest absolute Gasteiger partial charge is 0.374 e. The van der Waals surface area contributed by atoms with Gasteiger partial charge in [0.25, 0.3) is 0 Å². The molecule has 2 aromatic carbocycles. The summed E-state index contributed by atoms with van der Waals surface area (Å²) in [5.74, 6) is 0.0459. The van der Waals surface area contributed by atoms with Crippen LogP contribution in [0.2, 0.25) is 0 Å². The van der Waals surface area contributed by atoms with Gasteiger partial charge in [0, 0.05) is 25.8 Å². The van der Waals surface area contributed by atoms with E-state index in [0.717, 1.165) is 11.4 Å². The predicted molar refractivity (Wildman–Crippen MR) is 105 cm³/mol. The molecule has 0 bridgehead atoms. The van der Waals surface area contributed by atoms with Crippen LogP contribution >= 0.6 is 0 Å². The second-order valence-electron chi connectivity index (χ2n) is 6.71. The SMILES string of the molecule is CN(C(=O)CNc1ccccc1N(C)C1CCCC1)c1ccccc1. The van der Waals surface area contributed by atoms with Gasteiger partial charge in [0.1, 0.15) is 0 Å². The summed E-state index contributed by atoms with van der Waals surface area (Å²) in [6.45, 7) is 0.279. The zero-order valence-corrected chi connectivity index (χ0v) is 15.1. The number of amides is 1. The quantitative estimate of drug-likeness (QED) is 0.860. The lowest BCUT2D eigenvalue weighted by molar-refractivity contribution is -0.116. The Labute approximate surface area is 150 Å². The van der Waals surface area contributed by atoms with Crippen molar-refractivity contribution < 1.29 is 4.79 Å². The number of nitrogens with one attached hydrogen (secondary N) is 1. The molecule has 1 aliphatic rings. The van der Waals surface area contributed by atoms with Crippen LogP contribution in [0.1, 0.15) is 25.7 Å². The van der Waals surface area contributed by atoms with Gasteiger partial charge >= 0.3 is 0 Å². The Balaban J connectivity index is 1.66. The highest BCUT2D eigenvalue weighted by Crippen LogP contribution is 2.31. The summed E-state index contributed by atoms with van der Waals surface area (Å²) in [7, 11) is 3.98. The summed E-state index contributed by atoms with van der Waals surface area (Å²) in [5.41, 5.74) is 3.10. The van der Waals surface area contributed by atoms with Gasteiger partial charge in [-0.15, -0.1) is 0 Å². The van der Waals surface area contributed by atoms with Crippen molar-refractivity contribution in [3.63, 3.8) is 0 Å². The second kappa shape index (κ2) is 8.06. The third-order valence-electron chi connectivity index (χ3n) is 5.10. The number of likely N-dealkylation sites (N-methyl/N-ethyl adjacent to an activating group) is 1. The maximum Gasteiger partial charge on any atom is 0.246 e. The molecular formula is C21H27N3O. The minimum absolute atomic E-state index is 0.0459. The molecule has 4 nitrogen and oxygen atoms in total. The standard InChI is InChI=1S/C21H27N3O/c1-23(17-12-6-7-13-17)20-15-9-8-14-19(20)22-16-21(25)24(2)18-10-4-3-5-11-18/h3-5,8-11,14-15,17,22H,6-7,12-13,16H2,1-2H3. The summed E-state index contributed by atoms with van der Waals surface area (Å²) >= 11 is 0. The van der Waals surface area contributed by atoms with Crippen LogP contribution in [0.5, 0.6) is 0 Å². The molecule has 0 atom stereocenters. The van der Waals surface area contributed by atoms with Gasteiger partial charge in [0.2, 0.25) is 5.91 Å². The molecule has 25 heavy (non-hydrogen) atoms. The Morgan fingerprint density at radius 3 is 2.36 bits per heavy atom. The van der Waals surface area contributed by atoms with Crippen LogP contribution in [0.25, 0.3) is 0 Å². The van der Waals surface area contributed by atoms with Gasteiger partial charge in [-0.05, 0) is 37.1 Å². The molecule has 0 radical (unpaired) electrons. The average Bonchev–Trinajstić information content (AvgIpc) is 3.20. The molecule has 0 spiro atoms. The first-order chi connectivity index (χ1) is 12.2. The highest BCUT2D eigenvalue weighted by Gasteiger charge is 2.21. The van der Waals surface area contributed by atoms with E-state index in [-0.39, 0.29) is 12.5 Å². The van der Waals surface area contributed by atoms with Crippen molar-refractivity contribution >= 4 is 23.0 Å². The molecule has 1 N–H and O–H groups in total. The fourth-order valence-electron chi connectivity index (χ4n) is 3.50. The summed E-state index contributed by atoms with van der Waals surface area (Å²) < 4.78 is 0. The fourth-order valence-corrected chi connectivity index (χ4v) is 3.50. The third kappa shape index (κ3) is 4.13. The highest BCUT2D eigenvalue weighted by molar-refractivity contribution is 5.96. The zero-order valence-electron chi connectivity index (χ0n) is 15.1. The van der Waals surface area contributed by atoms with E-state index in [0.29, 0.717) is 6.04 Å². The Morgan fingerprint density at radius 1 is 1.00 bits per heavy atom. The van der Waals surface area contributed by atoms with E-state index < -0.39 is 0 Å². The molecule has 0 aromatic heterocycles. The predicted octanol–water partition coefficient (Wildman–Crippen LogP) is 4.14. The number of carbonyl (C=O) groups is 1. The van der Waals surface area contributed by atoms with E-state index in [1.165, 1.54) is 31.4 Å². The summed E-state index contributed by atoms with van der Waals surface area (Å²) in [5, 5.41) is 3.34. The molecule has 0 heterocycles. The van der Waals surface area contributed by atoms with E-state index in [9.17, 15) is 4.79 Å². The van der Waals surface area contributed by atoms with Crippen LogP contribution in [0.3, 0.4) is 0 Å². The van der Waals surface area contributed by atoms with Crippen LogP contribution in [0.4, 0.5) is 17.1 Å². The van der Waals surface area contributed by atoms with Gasteiger partial charge in [0.05, 0.1) is 17.9 Å². The Morgan fingerprint density at radius 2 is 1.64 bits per heavy atom. The van der Waals surface area contributed by atoms with Gasteiger partial charge in [-0.2, -0.15) is 0 Å². The van der Waals surface area contributed by atoms with Gasteiger partial charge in [-0.25, -0.2) is 0 Å². The lowest BCUT2D eigenvalue weighted by Crippen LogP contribution is -2.33. The van der Waals surface area contributed by atoms with Crippen LogP contribution < -0.4 is 15.1 Å². The number of carbonyl (C=O) groups excluding carboxylic acids is 1. The van der Waals surface area contributed by atoms with E-state index >= 15 is 0 Å². The third-order valence-corrected chi connectivity index (χ3v) is 5.10. The first-order valence-electron chi connectivity index (χ1n) is 9.04. The maximum atomic E-state index is 12.5. The molecule has 132 valence electrons. The molecule has 4 heteroatoms. The van der Waals surface area contributed by atoms with Crippen LogP contribution in [0.15, 0.2) is 54.6 Å². The fraction of sp³-hybridized carbons (Fsp3) is 0.381. The Kier molecular flexibility index (Phi) is 5.59. The topological polar surface area (TPSA) is 35.6 Å². The first-order valence-corrected chi connectivity index (χ1v) is 9.04. The molecule has 0 saturated heterocycles. The lowest BCUT2D eigenvalue weighted by atomic mass is 10.1. The van der Waals surface area contributed by atoms with Crippen LogP contribution in [-0.4, -0.2) is 32.6 Å². The van der Waals surface area contributed by atoms with E-state index in [1.54, 1.807) is 4.90 Å². The number of rotatable bonds is 6. The summed E-state index contributed by atoms with van der Waals surface area (Å²) in [4.78, 5) is 16.6. The Hall–Kier alpha value is -2.49. The van der Waals surface area contributed by atoms with Crippen LogP contribution in [0, 0.1) is 0 Å². The molecule has 1 amide bonds. The van der Waals surface area contributed by atoms with Gasteiger partial charge in [-0.1, -0.05) is 43.2 Å². The minimum Gasteiger partial charge on any atom is -0.374 e. The van der Waals surface area contributed by atoms with Gasteiger partial charge in [-0.3, -0.25) is 4.79 Å². The first kappa shape index (κ1) is 17.3. The molecule has 1 aliphatic carbocycles. The van der Waals surface area contributed by atoms with Crippen molar-refractivity contribution in [2.75, 3.05) is 35.8 Å². The number of hydrogen-bond acceptors (Lipinski definition) is 3. The average molecular weight is 337 g/mol. The molecule has 2 aromatic rings. The van der Waals surface area contributed by atoms with Gasteiger partial charge in [0.15, 0.2) is 0 Å². The van der Waals surface area contributed by atoms with Crippen molar-refractivity contribution in [3.05, 3.63) is 54.6 Å². The molecule has 3 rings (SSSR count). The van der Waals surface area contributed by atoms with E-state index in [1.807, 2.05) is 43.4 Å². The second-order valence-corrected chi connectivity index (χ2v) is 6.71. The molecular weight excluding hydrogens is 310 g/mol. The monoisotopic (exact) mass is 337 g/mol. The van der Waals surface area contributed by atoms with Crippen molar-refractivity contribution in [1.29, 1.82) is 0 Å². The highest BCUT2D eigenvalue weighted by atomic mass is 16.2. The number of hydrogen-bond donors (Lipinski definition) is 1. The van der Waals surface area contributed by atoms with E-state index in [2.05, 4.69) is 35.5 Å². The van der Waals surface area contributed by atoms with Gasteiger partial charge < -0.3 is 15.1 Å². The van der Waals surface area contributed by atoms with Crippen molar-refractivity contribution in [2.45, 2.75) is 31.7 Å². The molecule has 0 aliphatic heterocycles. The van der Waals surface area contributed by atoms with Crippen molar-refractivity contribution in [2.24, 2.45) is 0 Å².